The van der Waals surface area contributed by atoms with Gasteiger partial charge in [-0.2, -0.15) is 0 Å². The lowest BCUT2D eigenvalue weighted by molar-refractivity contribution is 0.0907. The molecule has 0 aromatic heterocycles. The minimum atomic E-state index is 0.115. The second-order valence-electron chi connectivity index (χ2n) is 4.44. The number of rotatable bonds is 8. The van der Waals surface area contributed by atoms with Crippen LogP contribution in [0.3, 0.4) is 0 Å². The Kier molecular flexibility index (Phi) is 6.00. The minimum absolute atomic E-state index is 0.115. The van der Waals surface area contributed by atoms with E-state index in [2.05, 4.69) is 29.6 Å². The fourth-order valence-corrected chi connectivity index (χ4v) is 3.39. The van der Waals surface area contributed by atoms with Crippen LogP contribution in [0.25, 0.3) is 0 Å². The molecule has 0 bridgehead atoms. The number of fused-ring (bicyclic) bond motifs is 1. The Bertz CT molecular complexity index is 359. The Morgan fingerprint density at radius 1 is 1.33 bits per heavy atom. The van der Waals surface area contributed by atoms with Crippen LogP contribution in [0.4, 0.5) is 0 Å². The molecule has 0 spiro atoms. The summed E-state index contributed by atoms with van der Waals surface area (Å²) in [6.07, 6.45) is 1.00. The summed E-state index contributed by atoms with van der Waals surface area (Å²) in [5.74, 6) is 1.83. The van der Waals surface area contributed by atoms with E-state index in [9.17, 15) is 0 Å². The lowest BCUT2D eigenvalue weighted by Crippen LogP contribution is -2.23. The zero-order valence-corrected chi connectivity index (χ0v) is 11.4. The van der Waals surface area contributed by atoms with Gasteiger partial charge in [0.25, 0.3) is 0 Å². The Labute approximate surface area is 113 Å². The molecule has 0 fully saturated rings. The maximum absolute atomic E-state index is 8.56. The molecule has 0 amide bonds. The fraction of sp³-hybridized carbons (Fsp3) is 0.571. The van der Waals surface area contributed by atoms with Crippen LogP contribution in [-0.2, 0) is 4.74 Å². The second-order valence-corrected chi connectivity index (χ2v) is 5.50. The van der Waals surface area contributed by atoms with E-state index >= 15 is 0 Å². The normalized spacial score (nSPS) is 17.9. The predicted molar refractivity (Wildman–Crippen MR) is 75.3 cm³/mol. The van der Waals surface area contributed by atoms with Gasteiger partial charge in [0.15, 0.2) is 0 Å². The summed E-state index contributed by atoms with van der Waals surface area (Å²) in [5, 5.41) is 12.1. The molecule has 0 radical (unpaired) electrons. The molecule has 1 unspecified atom stereocenters. The standard InChI is InChI=1S/C14H21NO2S/c16-7-9-17-8-3-6-15-10-12-11-18-14-5-2-1-4-13(12)14/h1-2,4-5,12,15-16H,3,6-11H2. The number of aliphatic hydroxyl groups excluding tert-OH is 1. The van der Waals surface area contributed by atoms with Crippen LogP contribution in [0.1, 0.15) is 17.9 Å². The molecule has 1 aromatic carbocycles. The van der Waals surface area contributed by atoms with Gasteiger partial charge in [-0.3, -0.25) is 0 Å². The molecular weight excluding hydrogens is 246 g/mol. The third-order valence-corrected chi connectivity index (χ3v) is 4.32. The number of ether oxygens (including phenoxy) is 1. The second kappa shape index (κ2) is 7.79. The Hall–Kier alpha value is -0.550. The van der Waals surface area contributed by atoms with Crippen molar-refractivity contribution in [3.05, 3.63) is 29.8 Å². The zero-order chi connectivity index (χ0) is 12.6. The van der Waals surface area contributed by atoms with Crippen LogP contribution >= 0.6 is 11.8 Å². The molecule has 3 nitrogen and oxygen atoms in total. The van der Waals surface area contributed by atoms with Gasteiger partial charge in [0.2, 0.25) is 0 Å². The third-order valence-electron chi connectivity index (χ3n) is 3.07. The lowest BCUT2D eigenvalue weighted by atomic mass is 10.0. The average Bonchev–Trinajstić information content (AvgIpc) is 2.81. The van der Waals surface area contributed by atoms with Crippen molar-refractivity contribution in [3.63, 3.8) is 0 Å². The molecule has 2 N–H and O–H groups in total. The highest BCUT2D eigenvalue weighted by atomic mass is 32.2. The van der Waals surface area contributed by atoms with Crippen molar-refractivity contribution in [1.82, 2.24) is 5.32 Å². The van der Waals surface area contributed by atoms with Gasteiger partial charge in [0.1, 0.15) is 0 Å². The Morgan fingerprint density at radius 3 is 3.11 bits per heavy atom. The number of hydrogen-bond donors (Lipinski definition) is 2. The van der Waals surface area contributed by atoms with Gasteiger partial charge in [-0.15, -0.1) is 11.8 Å². The summed E-state index contributed by atoms with van der Waals surface area (Å²) in [4.78, 5) is 1.44. The molecule has 0 saturated heterocycles. The molecule has 1 heterocycles. The molecule has 18 heavy (non-hydrogen) atoms. The van der Waals surface area contributed by atoms with Crippen LogP contribution in [0.15, 0.2) is 29.2 Å². The van der Waals surface area contributed by atoms with Crippen molar-refractivity contribution in [3.8, 4) is 0 Å². The van der Waals surface area contributed by atoms with Crippen molar-refractivity contribution >= 4 is 11.8 Å². The molecule has 1 aliphatic rings. The summed E-state index contributed by atoms with van der Waals surface area (Å²) >= 11 is 1.96. The van der Waals surface area contributed by atoms with Gasteiger partial charge in [-0.1, -0.05) is 18.2 Å². The van der Waals surface area contributed by atoms with E-state index in [1.54, 1.807) is 0 Å². The highest BCUT2D eigenvalue weighted by molar-refractivity contribution is 7.99. The molecular formula is C14H21NO2S. The first kappa shape index (κ1) is 13.9. The Balaban J connectivity index is 1.61. The van der Waals surface area contributed by atoms with Gasteiger partial charge in [0.05, 0.1) is 13.2 Å². The largest absolute Gasteiger partial charge is 0.394 e. The average molecular weight is 267 g/mol. The quantitative estimate of drug-likeness (QED) is 0.706. The summed E-state index contributed by atoms with van der Waals surface area (Å²) in [6, 6.07) is 8.69. The minimum Gasteiger partial charge on any atom is -0.394 e. The molecule has 1 atom stereocenters. The van der Waals surface area contributed by atoms with Crippen molar-refractivity contribution in [1.29, 1.82) is 0 Å². The highest BCUT2D eigenvalue weighted by Gasteiger charge is 2.21. The number of aliphatic hydroxyl groups is 1. The van der Waals surface area contributed by atoms with E-state index in [0.717, 1.165) is 26.1 Å². The number of benzene rings is 1. The van der Waals surface area contributed by atoms with E-state index in [4.69, 9.17) is 9.84 Å². The maximum Gasteiger partial charge on any atom is 0.0697 e. The molecule has 1 aromatic rings. The number of nitrogens with one attached hydrogen (secondary N) is 1. The molecule has 100 valence electrons. The van der Waals surface area contributed by atoms with Crippen molar-refractivity contribution in [2.75, 3.05) is 38.7 Å². The fourth-order valence-electron chi connectivity index (χ4n) is 2.14. The van der Waals surface area contributed by atoms with E-state index in [1.165, 1.54) is 16.2 Å². The first-order valence-corrected chi connectivity index (χ1v) is 7.51. The smallest absolute Gasteiger partial charge is 0.0697 e. The van der Waals surface area contributed by atoms with E-state index < -0.39 is 0 Å². The monoisotopic (exact) mass is 267 g/mol. The topological polar surface area (TPSA) is 41.5 Å². The SMILES string of the molecule is OCCOCCCNCC1CSc2ccccc21. The lowest BCUT2D eigenvalue weighted by Gasteiger charge is -2.12. The van der Waals surface area contributed by atoms with Gasteiger partial charge in [0, 0.05) is 29.7 Å². The van der Waals surface area contributed by atoms with Gasteiger partial charge < -0.3 is 15.2 Å². The Morgan fingerprint density at radius 2 is 2.22 bits per heavy atom. The first-order valence-electron chi connectivity index (χ1n) is 6.53. The van der Waals surface area contributed by atoms with Gasteiger partial charge in [-0.25, -0.2) is 0 Å². The zero-order valence-electron chi connectivity index (χ0n) is 10.6. The van der Waals surface area contributed by atoms with Gasteiger partial charge >= 0.3 is 0 Å². The predicted octanol–water partition coefficient (Wildman–Crippen LogP) is 1.86. The molecule has 0 saturated carbocycles. The molecule has 0 aliphatic carbocycles. The van der Waals surface area contributed by atoms with Crippen molar-refractivity contribution < 1.29 is 9.84 Å². The van der Waals surface area contributed by atoms with Crippen LogP contribution in [0.5, 0.6) is 0 Å². The summed E-state index contributed by atoms with van der Waals surface area (Å²) in [5.41, 5.74) is 1.49. The van der Waals surface area contributed by atoms with E-state index in [1.807, 2.05) is 11.8 Å². The number of hydrogen-bond acceptors (Lipinski definition) is 4. The summed E-state index contributed by atoms with van der Waals surface area (Å²) in [6.45, 7) is 3.32. The molecule has 1 aliphatic heterocycles. The molecule has 4 heteroatoms. The van der Waals surface area contributed by atoms with Crippen LogP contribution in [-0.4, -0.2) is 43.8 Å². The molecule has 2 rings (SSSR count). The maximum atomic E-state index is 8.56. The van der Waals surface area contributed by atoms with Crippen molar-refractivity contribution in [2.24, 2.45) is 0 Å². The number of thioether (sulfide) groups is 1. The van der Waals surface area contributed by atoms with Crippen molar-refractivity contribution in [2.45, 2.75) is 17.2 Å². The third kappa shape index (κ3) is 3.99. The summed E-state index contributed by atoms with van der Waals surface area (Å²) in [7, 11) is 0. The van der Waals surface area contributed by atoms with Crippen LogP contribution in [0.2, 0.25) is 0 Å². The first-order chi connectivity index (χ1) is 8.92. The van der Waals surface area contributed by atoms with Crippen LogP contribution < -0.4 is 5.32 Å². The van der Waals surface area contributed by atoms with E-state index in [-0.39, 0.29) is 6.61 Å². The summed E-state index contributed by atoms with van der Waals surface area (Å²) < 4.78 is 5.22. The highest BCUT2D eigenvalue weighted by Crippen LogP contribution is 2.38. The van der Waals surface area contributed by atoms with Gasteiger partial charge in [-0.05, 0) is 24.6 Å². The van der Waals surface area contributed by atoms with Crippen LogP contribution in [0, 0.1) is 0 Å². The van der Waals surface area contributed by atoms with E-state index in [0.29, 0.717) is 12.5 Å².